The Labute approximate surface area is 443 Å². The van der Waals surface area contributed by atoms with Gasteiger partial charge in [0.15, 0.2) is 22.8 Å². The molecule has 1 aromatic carbocycles. The maximum absolute atomic E-state index is 15.4. The van der Waals surface area contributed by atoms with Crippen LogP contribution in [0.2, 0.25) is 0 Å². The Morgan fingerprint density at radius 1 is 0.934 bits per heavy atom. The number of hydrogen-bond acceptors (Lipinski definition) is 18. The Bertz CT molecular complexity index is 2860. The van der Waals surface area contributed by atoms with Crippen molar-refractivity contribution >= 4 is 69.5 Å². The molecule has 1 aliphatic carbocycles. The van der Waals surface area contributed by atoms with Crippen LogP contribution in [0.3, 0.4) is 0 Å². The molecule has 7 heterocycles. The van der Waals surface area contributed by atoms with Crippen LogP contribution in [-0.4, -0.2) is 196 Å². The van der Waals surface area contributed by atoms with Gasteiger partial charge >= 0.3 is 0 Å². The Balaban J connectivity index is 0.655. The summed E-state index contributed by atoms with van der Waals surface area (Å²) >= 11 is 0. The number of aromatic nitrogens is 8. The average molecular weight is 1050 g/mol. The van der Waals surface area contributed by atoms with Crippen LogP contribution in [0.5, 0.6) is 11.6 Å². The van der Waals surface area contributed by atoms with Crippen molar-refractivity contribution in [2.75, 3.05) is 126 Å². The van der Waals surface area contributed by atoms with Crippen molar-refractivity contribution in [2.45, 2.75) is 76.2 Å². The molecule has 1 saturated carbocycles. The minimum absolute atomic E-state index is 0.0257. The van der Waals surface area contributed by atoms with Crippen LogP contribution in [0.15, 0.2) is 49.1 Å². The molecule has 4 aromatic heterocycles. The second kappa shape index (κ2) is 24.2. The SMILES string of the molecule is CC[C@@H]1C(=O)N(C)c2cnc(Nc3ccc(C(=O)NCCCN4CCN(CCCN(C)C/C=C/C(=O)N[C@@H]5CN(c6nc(Nc7cn(C)nc7OC)c7ncn(C)c7n6)C[C@H]5F)CC4)cc3OC)nc2N1C1CCCC1. The van der Waals surface area contributed by atoms with E-state index in [-0.39, 0.29) is 42.9 Å². The predicted molar refractivity (Wildman–Crippen MR) is 290 cm³/mol. The lowest BCUT2D eigenvalue weighted by Gasteiger charge is -2.43. The summed E-state index contributed by atoms with van der Waals surface area (Å²) in [5.74, 6) is 2.34. The zero-order valence-corrected chi connectivity index (χ0v) is 44.8. The van der Waals surface area contributed by atoms with E-state index < -0.39 is 12.2 Å². The molecule has 0 spiro atoms. The zero-order valence-electron chi connectivity index (χ0n) is 44.8. The van der Waals surface area contributed by atoms with Gasteiger partial charge in [-0.25, -0.2) is 14.4 Å². The molecule has 4 aliphatic rings. The molecule has 24 heteroatoms. The summed E-state index contributed by atoms with van der Waals surface area (Å²) in [6.45, 7) is 10.1. The number of aryl methyl sites for hydroxylation is 2. The molecule has 76 heavy (non-hydrogen) atoms. The molecule has 3 fully saturated rings. The quantitative estimate of drug-likeness (QED) is 0.0571. The minimum atomic E-state index is -1.31. The highest BCUT2D eigenvalue weighted by atomic mass is 19.1. The topological polar surface area (TPSA) is 224 Å². The van der Waals surface area contributed by atoms with Gasteiger partial charge in [-0.05, 0) is 77.0 Å². The highest BCUT2D eigenvalue weighted by molar-refractivity contribution is 6.04. The highest BCUT2D eigenvalue weighted by Crippen LogP contribution is 2.41. The van der Waals surface area contributed by atoms with E-state index in [9.17, 15) is 14.4 Å². The number of ether oxygens (including phenoxy) is 2. The molecule has 3 aliphatic heterocycles. The fourth-order valence-electron chi connectivity index (χ4n) is 10.7. The van der Waals surface area contributed by atoms with E-state index >= 15 is 4.39 Å². The Morgan fingerprint density at radius 3 is 2.43 bits per heavy atom. The lowest BCUT2D eigenvalue weighted by atomic mass is 10.0. The predicted octanol–water partition coefficient (Wildman–Crippen LogP) is 3.85. The van der Waals surface area contributed by atoms with Gasteiger partial charge in [-0.15, -0.1) is 5.10 Å². The maximum Gasteiger partial charge on any atom is 0.256 e. The van der Waals surface area contributed by atoms with Gasteiger partial charge in [-0.1, -0.05) is 25.8 Å². The van der Waals surface area contributed by atoms with Gasteiger partial charge in [0.2, 0.25) is 23.7 Å². The van der Waals surface area contributed by atoms with Crippen LogP contribution < -0.4 is 45.4 Å². The summed E-state index contributed by atoms with van der Waals surface area (Å²) < 4.78 is 29.9. The second-order valence-corrected chi connectivity index (χ2v) is 20.2. The van der Waals surface area contributed by atoms with Crippen LogP contribution >= 0.6 is 0 Å². The van der Waals surface area contributed by atoms with E-state index in [1.807, 2.05) is 27.1 Å². The smallest absolute Gasteiger partial charge is 0.256 e. The third-order valence-electron chi connectivity index (χ3n) is 14.9. The number of fused-ring (bicyclic) bond motifs is 2. The monoisotopic (exact) mass is 1050 g/mol. The Kier molecular flexibility index (Phi) is 17.1. The van der Waals surface area contributed by atoms with Crippen LogP contribution in [0.4, 0.5) is 45.0 Å². The number of rotatable bonds is 22. The van der Waals surface area contributed by atoms with Crippen molar-refractivity contribution < 1.29 is 28.2 Å². The minimum Gasteiger partial charge on any atom is -0.495 e. The van der Waals surface area contributed by atoms with E-state index in [4.69, 9.17) is 24.4 Å². The molecule has 23 nitrogen and oxygen atoms in total. The molecular weight excluding hydrogens is 976 g/mol. The number of carbonyl (C=O) groups excluding carboxylic acids is 3. The number of imidazole rings is 1. The number of carbonyl (C=O) groups is 3. The van der Waals surface area contributed by atoms with Gasteiger partial charge in [0.05, 0.1) is 51.2 Å². The van der Waals surface area contributed by atoms with Crippen molar-refractivity contribution in [3.05, 3.63) is 54.6 Å². The molecule has 3 amide bonds. The first-order chi connectivity index (χ1) is 36.8. The van der Waals surface area contributed by atoms with Gasteiger partial charge in [-0.2, -0.15) is 15.0 Å². The molecule has 0 bridgehead atoms. The number of nitrogens with zero attached hydrogens (tertiary/aromatic N) is 14. The summed E-state index contributed by atoms with van der Waals surface area (Å²) in [6.07, 6.45) is 14.0. The number of amides is 3. The van der Waals surface area contributed by atoms with E-state index in [2.05, 4.69) is 55.9 Å². The fraction of sp³-hybridized carbons (Fsp3) is 0.558. The number of nitrogens with one attached hydrogen (secondary N) is 4. The number of piperazine rings is 1. The Hall–Kier alpha value is -7.18. The second-order valence-electron chi connectivity index (χ2n) is 20.2. The first-order valence-corrected chi connectivity index (χ1v) is 26.5. The number of methoxy groups -OCH3 is 2. The molecular formula is C52H73FN18O5. The van der Waals surface area contributed by atoms with Crippen LogP contribution in [0.25, 0.3) is 11.2 Å². The van der Waals surface area contributed by atoms with Crippen LogP contribution in [0, 0.1) is 0 Å². The first-order valence-electron chi connectivity index (χ1n) is 26.5. The number of halogens is 1. The maximum atomic E-state index is 15.4. The molecule has 2 saturated heterocycles. The van der Waals surface area contributed by atoms with E-state index in [0.717, 1.165) is 90.2 Å². The third-order valence-corrected chi connectivity index (χ3v) is 14.9. The van der Waals surface area contributed by atoms with Gasteiger partial charge in [-0.3, -0.25) is 19.1 Å². The summed E-state index contributed by atoms with van der Waals surface area (Å²) in [5.41, 5.74) is 3.54. The first kappa shape index (κ1) is 53.6. The van der Waals surface area contributed by atoms with E-state index in [1.165, 1.54) is 13.2 Å². The van der Waals surface area contributed by atoms with Gasteiger partial charge < -0.3 is 64.7 Å². The molecule has 408 valence electrons. The number of likely N-dealkylation sites (N-methyl/N-ethyl adjacent to an activating group) is 2. The summed E-state index contributed by atoms with van der Waals surface area (Å²) in [6, 6.07) is 4.57. The molecule has 5 aromatic rings. The third kappa shape index (κ3) is 12.2. The van der Waals surface area contributed by atoms with Gasteiger partial charge in [0.1, 0.15) is 29.3 Å². The number of benzene rings is 1. The number of alkyl halides is 1. The summed E-state index contributed by atoms with van der Waals surface area (Å²) in [5, 5.41) is 16.8. The molecule has 0 unspecified atom stereocenters. The Morgan fingerprint density at radius 2 is 1.70 bits per heavy atom. The van der Waals surface area contributed by atoms with Crippen LogP contribution in [-0.2, 0) is 23.7 Å². The molecule has 3 atom stereocenters. The van der Waals surface area contributed by atoms with Crippen molar-refractivity contribution in [1.82, 2.24) is 64.6 Å². The standard InChI is InChI=1S/C52H73FN18O5/c1-8-40-50(74)67(5)41-29-55-51(61-46(41)71(40)35-14-9-10-15-35)59-37-18-17-34(28-42(37)75-6)48(73)54-19-12-22-68-24-26-69(27-25-68)23-13-21-64(2)20-11-16-43(72)57-38-32-70(30-36(38)53)52-60-45(44-47(62-52)65(3)33-56-44)58-39-31-66(4)63-49(39)76-7/h11,16-18,28-29,31,33,35-36,38,40H,8-10,12-15,19-27,30,32H2,1-7H3,(H,54,73)(H,57,72)(H,55,59,61)(H,58,60,62)/b16-11+/t36-,38-,40-/m1/s1. The van der Waals surface area contributed by atoms with Crippen molar-refractivity contribution in [2.24, 2.45) is 14.1 Å². The van der Waals surface area contributed by atoms with Crippen molar-refractivity contribution in [1.29, 1.82) is 0 Å². The average Bonchev–Trinajstić information content (AvgIpc) is 4.25. The highest BCUT2D eigenvalue weighted by Gasteiger charge is 2.41. The van der Waals surface area contributed by atoms with Gasteiger partial charge in [0.25, 0.3) is 11.8 Å². The van der Waals surface area contributed by atoms with Crippen molar-refractivity contribution in [3.8, 4) is 11.6 Å². The van der Waals surface area contributed by atoms with E-state index in [1.54, 1.807) is 77.2 Å². The molecule has 9 rings (SSSR count). The van der Waals surface area contributed by atoms with Crippen molar-refractivity contribution in [3.63, 3.8) is 0 Å². The fourth-order valence-corrected chi connectivity index (χ4v) is 10.7. The zero-order chi connectivity index (χ0) is 53.5. The van der Waals surface area contributed by atoms with Crippen LogP contribution in [0.1, 0.15) is 62.2 Å². The molecule has 4 N–H and O–H groups in total. The summed E-state index contributed by atoms with van der Waals surface area (Å²) in [4.78, 5) is 75.6. The molecule has 0 radical (unpaired) electrons. The largest absolute Gasteiger partial charge is 0.495 e. The lowest BCUT2D eigenvalue weighted by molar-refractivity contribution is -0.120. The number of hydrogen-bond donors (Lipinski definition) is 4. The number of anilines is 7. The summed E-state index contributed by atoms with van der Waals surface area (Å²) in [7, 11) is 10.5. The van der Waals surface area contributed by atoms with E-state index in [0.29, 0.717) is 82.6 Å². The lowest BCUT2D eigenvalue weighted by Crippen LogP contribution is -2.55. The normalized spacial score (nSPS) is 19.6. The van der Waals surface area contributed by atoms with Gasteiger partial charge in [0, 0.05) is 84.6 Å².